The summed E-state index contributed by atoms with van der Waals surface area (Å²) in [6, 6.07) is 3.38. The number of carboxylic acids is 1. The number of amides is 2. The van der Waals surface area contributed by atoms with E-state index in [9.17, 15) is 45.9 Å². The van der Waals surface area contributed by atoms with Gasteiger partial charge in [-0.25, -0.2) is 18.2 Å². The number of ketones is 1. The van der Waals surface area contributed by atoms with Crippen LogP contribution < -0.4 is 14.2 Å². The number of benzene rings is 1. The lowest BCUT2D eigenvalue weighted by molar-refractivity contribution is -0.257. The number of halogens is 3. The molecule has 0 spiro atoms. The van der Waals surface area contributed by atoms with Crippen LogP contribution in [0.5, 0.6) is 11.6 Å². The Balaban J connectivity index is 1.39. The lowest BCUT2D eigenvalue weighted by Gasteiger charge is -2.34. The second-order valence-corrected chi connectivity index (χ2v) is 20.2. The molecule has 1 aromatic heterocycles. The van der Waals surface area contributed by atoms with E-state index in [0.717, 1.165) is 20.0 Å². The van der Waals surface area contributed by atoms with Crippen molar-refractivity contribution in [2.75, 3.05) is 13.7 Å². The molecule has 0 radical (unpaired) electrons. The lowest BCUT2D eigenvalue weighted by Crippen LogP contribution is -2.49. The molecule has 0 bridgehead atoms. The highest BCUT2D eigenvalue weighted by Gasteiger charge is 2.63. The van der Waals surface area contributed by atoms with E-state index in [-0.39, 0.29) is 42.1 Å². The van der Waals surface area contributed by atoms with Gasteiger partial charge in [-0.05, 0) is 95.2 Å². The monoisotopic (exact) mass is 877 g/mol. The number of carbonyl (C=O) groups excluding carboxylic acids is 4. The Morgan fingerprint density at radius 1 is 1.10 bits per heavy atom. The van der Waals surface area contributed by atoms with E-state index < -0.39 is 104 Å². The van der Waals surface area contributed by atoms with Crippen LogP contribution in [0.3, 0.4) is 0 Å². The van der Waals surface area contributed by atoms with Gasteiger partial charge in [-0.15, -0.1) is 0 Å². The second-order valence-electron chi connectivity index (χ2n) is 18.0. The molecule has 2 saturated carbocycles. The highest BCUT2D eigenvalue weighted by atomic mass is 32.2. The molecule has 2 aliphatic carbocycles. The molecule has 61 heavy (non-hydrogen) atoms. The van der Waals surface area contributed by atoms with E-state index in [1.54, 1.807) is 19.1 Å². The largest absolute Gasteiger partial charge is 0.497 e. The lowest BCUT2D eigenvalue weighted by atomic mass is 9.79. The van der Waals surface area contributed by atoms with Crippen molar-refractivity contribution in [3.63, 3.8) is 0 Å². The Hall–Kier alpha value is -4.74. The molecule has 14 nitrogen and oxygen atoms in total. The third-order valence-electron chi connectivity index (χ3n) is 13.1. The molecular weight excluding hydrogens is 824 g/mol. The molecule has 2 aliphatic heterocycles. The molecule has 3 heterocycles. The summed E-state index contributed by atoms with van der Waals surface area (Å²) < 4.78 is 85.8. The Labute approximate surface area is 353 Å². The summed E-state index contributed by atoms with van der Waals surface area (Å²) >= 11 is 0. The first-order valence-electron chi connectivity index (χ1n) is 20.7. The summed E-state index contributed by atoms with van der Waals surface area (Å²) in [5, 5.41) is 10.4. The van der Waals surface area contributed by atoms with Crippen molar-refractivity contribution in [2.45, 2.75) is 127 Å². The maximum atomic E-state index is 15.0. The van der Waals surface area contributed by atoms with Crippen LogP contribution >= 0.6 is 0 Å². The number of ether oxygens (including phenoxy) is 3. The number of rotatable bonds is 11. The number of carboxylic acid groups (broad SMARTS) is 1. The molecule has 18 heteroatoms. The molecule has 0 unspecified atom stereocenters. The average molecular weight is 878 g/mol. The molecular formula is C43H54F3N3O11S. The Kier molecular flexibility index (Phi) is 12.6. The van der Waals surface area contributed by atoms with Crippen LogP contribution in [0.15, 0.2) is 36.5 Å². The minimum atomic E-state index is -4.90. The number of allylic oxidation sites excluding steroid dienone is 2. The molecule has 7 atom stereocenters. The molecule has 1 saturated heterocycles. The predicted molar refractivity (Wildman–Crippen MR) is 215 cm³/mol. The summed E-state index contributed by atoms with van der Waals surface area (Å²) in [5.74, 6) is -6.43. The van der Waals surface area contributed by atoms with Crippen LogP contribution in [0.25, 0.3) is 10.8 Å². The molecule has 1 aromatic carbocycles. The van der Waals surface area contributed by atoms with E-state index >= 15 is 4.79 Å². The van der Waals surface area contributed by atoms with Crippen molar-refractivity contribution in [3.8, 4) is 11.6 Å². The topological polar surface area (TPSA) is 196 Å². The smallest absolute Gasteiger partial charge is 0.427 e. The van der Waals surface area contributed by atoms with Gasteiger partial charge in [0.05, 0.1) is 47.8 Å². The first-order valence-corrected chi connectivity index (χ1v) is 22.2. The van der Waals surface area contributed by atoms with Gasteiger partial charge in [0.15, 0.2) is 5.78 Å². The number of hydrogen-bond donors (Lipinski definition) is 2. The second kappa shape index (κ2) is 16.9. The third kappa shape index (κ3) is 9.38. The standard InChI is InChI=1S/C43H54F3N3O11S/c1-7-25-16-24(2)10-8-9-11-26-20-42(26,39(55)48-61(56,57)41(5)14-15-41)21-34(50)33-18-28(23-49(33)37(52)30(25)19-35(51)60-40(3,4)43(44,45)46)59-36-29-13-12-27(58-6)17-31(29)32(22-47-36)38(53)54/h9,11-13,17,22,24-26,28,30,33H,7-8,10,14-16,18-21,23H2,1-6H3,(H,48,55)(H,53,54)/b11-9-/t24-,25-,26-,28-,30+,33+,42-/m1/s1. The van der Waals surface area contributed by atoms with E-state index in [4.69, 9.17) is 14.2 Å². The minimum Gasteiger partial charge on any atom is -0.497 e. The Bertz CT molecular complexity index is 2220. The Morgan fingerprint density at radius 2 is 1.80 bits per heavy atom. The number of pyridine rings is 1. The van der Waals surface area contributed by atoms with Gasteiger partial charge in [-0.3, -0.25) is 23.9 Å². The maximum absolute atomic E-state index is 15.0. The third-order valence-corrected chi connectivity index (χ3v) is 15.3. The highest BCUT2D eigenvalue weighted by molar-refractivity contribution is 7.91. The molecule has 334 valence electrons. The van der Waals surface area contributed by atoms with E-state index in [1.807, 2.05) is 26.0 Å². The zero-order chi connectivity index (χ0) is 44.9. The number of carbonyl (C=O) groups is 5. The molecule has 2 amide bonds. The number of alkyl halides is 3. The van der Waals surface area contributed by atoms with E-state index in [0.29, 0.717) is 49.7 Å². The van der Waals surface area contributed by atoms with Crippen LogP contribution in [0.1, 0.15) is 109 Å². The number of hydrogen-bond acceptors (Lipinski definition) is 11. The number of aromatic nitrogens is 1. The molecule has 6 rings (SSSR count). The van der Waals surface area contributed by atoms with Crippen molar-refractivity contribution in [2.24, 2.45) is 29.1 Å². The summed E-state index contributed by atoms with van der Waals surface area (Å²) in [5.41, 5.74) is -4.42. The first-order chi connectivity index (χ1) is 28.5. The molecule has 2 N–H and O–H groups in total. The molecule has 2 aromatic rings. The minimum absolute atomic E-state index is 0.00733. The van der Waals surface area contributed by atoms with Gasteiger partial charge in [0.2, 0.25) is 33.3 Å². The molecule has 3 fully saturated rings. The first kappa shape index (κ1) is 45.8. The van der Waals surface area contributed by atoms with Crippen molar-refractivity contribution in [3.05, 3.63) is 42.1 Å². The zero-order valence-electron chi connectivity index (χ0n) is 35.2. The number of fused-ring (bicyclic) bond motifs is 3. The van der Waals surface area contributed by atoms with Crippen LogP contribution in [0.2, 0.25) is 0 Å². The van der Waals surface area contributed by atoms with E-state index in [1.165, 1.54) is 18.1 Å². The van der Waals surface area contributed by atoms with Crippen molar-refractivity contribution in [1.82, 2.24) is 14.6 Å². The number of methoxy groups -OCH3 is 1. The quantitative estimate of drug-likeness (QED) is 0.183. The fourth-order valence-electron chi connectivity index (χ4n) is 8.65. The fourth-order valence-corrected chi connectivity index (χ4v) is 9.98. The summed E-state index contributed by atoms with van der Waals surface area (Å²) in [6.07, 6.45) is 0.632. The maximum Gasteiger partial charge on any atom is 0.427 e. The number of Topliss-reactive ketones (excluding diaryl/α,β-unsaturated/α-hetero) is 1. The van der Waals surface area contributed by atoms with Crippen LogP contribution in [-0.4, -0.2) is 95.3 Å². The SMILES string of the molecule is CC[C@@H]1C[C@H](C)CC/C=C\[C@@H]2C[C@@]2(C(=O)NS(=O)(=O)C2(C)CC2)CC(=O)[C@@H]2C[C@@H](Oc3ncc(C(=O)O)c4cc(OC)ccc34)CN2C(=O)[C@H]1CC(=O)OC(C)(C)C(F)(F)F. The van der Waals surface area contributed by atoms with Crippen LogP contribution in [0, 0.1) is 29.1 Å². The van der Waals surface area contributed by atoms with Crippen molar-refractivity contribution in [1.29, 1.82) is 0 Å². The average Bonchev–Trinajstić information content (AvgIpc) is 4.06. The normalized spacial score (nSPS) is 28.7. The van der Waals surface area contributed by atoms with Crippen molar-refractivity contribution < 1.29 is 64.9 Å². The van der Waals surface area contributed by atoms with Gasteiger partial charge < -0.3 is 24.2 Å². The van der Waals surface area contributed by atoms with Crippen molar-refractivity contribution >= 4 is 50.3 Å². The molecule has 4 aliphatic rings. The predicted octanol–water partition coefficient (Wildman–Crippen LogP) is 6.55. The zero-order valence-corrected chi connectivity index (χ0v) is 36.0. The number of nitrogens with zero attached hydrogens (tertiary/aromatic N) is 2. The van der Waals surface area contributed by atoms with Crippen LogP contribution in [0.4, 0.5) is 13.2 Å². The van der Waals surface area contributed by atoms with Gasteiger partial charge in [-0.1, -0.05) is 32.4 Å². The number of nitrogens with one attached hydrogen (secondary N) is 1. The summed E-state index contributed by atoms with van der Waals surface area (Å²) in [4.78, 5) is 74.8. The summed E-state index contributed by atoms with van der Waals surface area (Å²) in [7, 11) is -2.66. The van der Waals surface area contributed by atoms with E-state index in [2.05, 4.69) is 9.71 Å². The Morgan fingerprint density at radius 3 is 2.43 bits per heavy atom. The fraction of sp³-hybridized carbons (Fsp3) is 0.628. The number of aromatic carboxylic acids is 1. The van der Waals surface area contributed by atoms with Gasteiger partial charge in [0, 0.05) is 29.8 Å². The summed E-state index contributed by atoms with van der Waals surface area (Å²) in [6.45, 7) is 6.52. The number of sulfonamides is 1. The van der Waals surface area contributed by atoms with Gasteiger partial charge in [-0.2, -0.15) is 13.2 Å². The number of esters is 1. The van der Waals surface area contributed by atoms with Gasteiger partial charge >= 0.3 is 18.1 Å². The van der Waals surface area contributed by atoms with Crippen LogP contribution in [-0.2, 0) is 33.9 Å². The highest BCUT2D eigenvalue weighted by Crippen LogP contribution is 2.58. The van der Waals surface area contributed by atoms with Gasteiger partial charge in [0.25, 0.3) is 0 Å². The van der Waals surface area contributed by atoms with Gasteiger partial charge in [0.1, 0.15) is 11.9 Å².